The first kappa shape index (κ1) is 4.82. The maximum atomic E-state index is 10.2. The number of nitrogens with one attached hydrogen (secondary N) is 2. The Morgan fingerprint density at radius 2 is 2.62 bits per heavy atom. The standard InChI is InChI=1S/C2H4N4O2/c7-2-1-3-6(8)5-4-2/h1H2,(H,3,5)(H,4,7). The number of rotatable bonds is 0. The summed E-state index contributed by atoms with van der Waals surface area (Å²) in [6.45, 7) is -0.101. The molecule has 0 saturated carbocycles. The van der Waals surface area contributed by atoms with E-state index in [-0.39, 0.29) is 17.4 Å². The average Bonchev–Trinajstić information content (AvgIpc) is 1.77. The molecule has 1 rings (SSSR count). The largest absolute Gasteiger partial charge is 0.570 e. The molecule has 1 aliphatic heterocycles. The molecule has 0 fully saturated rings. The van der Waals surface area contributed by atoms with Gasteiger partial charge in [0.1, 0.15) is 0 Å². The minimum Gasteiger partial charge on any atom is -0.570 e. The van der Waals surface area contributed by atoms with Crippen LogP contribution in [0.25, 0.3) is 0 Å². The fourth-order valence-electron chi connectivity index (χ4n) is 0.314. The van der Waals surface area contributed by atoms with Gasteiger partial charge in [-0.15, -0.1) is 0 Å². The highest BCUT2D eigenvalue weighted by molar-refractivity contribution is 5.77. The lowest BCUT2D eigenvalue weighted by Crippen LogP contribution is -2.46. The molecule has 0 unspecified atom stereocenters. The molecule has 0 aromatic carbocycles. The van der Waals surface area contributed by atoms with Crippen LogP contribution in [0.5, 0.6) is 0 Å². The molecule has 0 aromatic heterocycles. The molecule has 1 amide bonds. The Balaban J connectivity index is 2.55. The molecule has 6 heteroatoms. The van der Waals surface area contributed by atoms with Gasteiger partial charge in [0, 0.05) is 5.11 Å². The maximum absolute atomic E-state index is 10.2. The quantitative estimate of drug-likeness (QED) is 0.298. The minimum absolute atomic E-state index is 0.101. The van der Waals surface area contributed by atoms with Crippen molar-refractivity contribution in [3.63, 3.8) is 0 Å². The fraction of sp³-hybridized carbons (Fsp3) is 0.500. The van der Waals surface area contributed by atoms with Crippen molar-refractivity contribution in [2.75, 3.05) is 6.54 Å². The lowest BCUT2D eigenvalue weighted by Gasteiger charge is -2.06. The van der Waals surface area contributed by atoms with E-state index in [0.29, 0.717) is 0 Å². The number of hydrogen-bond donors (Lipinski definition) is 2. The van der Waals surface area contributed by atoms with Crippen molar-refractivity contribution in [3.8, 4) is 0 Å². The molecular formula is C2H4N4O2. The Labute approximate surface area is 44.7 Å². The molecule has 2 N–H and O–H groups in total. The SMILES string of the molecule is O=C1CN=[N+]([O-])NN1. The molecule has 6 nitrogen and oxygen atoms in total. The normalized spacial score (nSPS) is 18.5. The highest BCUT2D eigenvalue weighted by Crippen LogP contribution is 1.76. The molecule has 0 aromatic rings. The van der Waals surface area contributed by atoms with Crippen LogP contribution in [0.15, 0.2) is 5.11 Å². The van der Waals surface area contributed by atoms with Crippen molar-refractivity contribution in [2.24, 2.45) is 5.11 Å². The van der Waals surface area contributed by atoms with Crippen LogP contribution < -0.4 is 11.0 Å². The van der Waals surface area contributed by atoms with Gasteiger partial charge in [-0.05, 0) is 0 Å². The number of carbonyl (C=O) groups is 1. The van der Waals surface area contributed by atoms with E-state index in [1.807, 2.05) is 5.53 Å². The molecule has 0 saturated heterocycles. The zero-order valence-corrected chi connectivity index (χ0v) is 3.92. The number of nitrogens with zero attached hydrogens (tertiary/aromatic N) is 2. The molecule has 0 spiro atoms. The predicted molar refractivity (Wildman–Crippen MR) is 22.2 cm³/mol. The van der Waals surface area contributed by atoms with Crippen molar-refractivity contribution in [3.05, 3.63) is 5.21 Å². The topological polar surface area (TPSA) is 79.6 Å². The van der Waals surface area contributed by atoms with Crippen LogP contribution in [0.4, 0.5) is 0 Å². The number of carbonyl (C=O) groups excluding carboxylic acids is 1. The molecule has 44 valence electrons. The number of hydrogen-bond acceptors (Lipinski definition) is 4. The van der Waals surface area contributed by atoms with E-state index >= 15 is 0 Å². The van der Waals surface area contributed by atoms with E-state index in [4.69, 9.17) is 0 Å². The van der Waals surface area contributed by atoms with Gasteiger partial charge in [-0.25, -0.2) is 5.43 Å². The van der Waals surface area contributed by atoms with Crippen LogP contribution in [0.3, 0.4) is 0 Å². The number of amides is 1. The van der Waals surface area contributed by atoms with Gasteiger partial charge < -0.3 is 5.21 Å². The first-order chi connectivity index (χ1) is 3.79. The van der Waals surface area contributed by atoms with E-state index in [1.54, 1.807) is 0 Å². The summed E-state index contributed by atoms with van der Waals surface area (Å²) < 4.78 is 0. The third-order valence-electron chi connectivity index (χ3n) is 0.634. The highest BCUT2D eigenvalue weighted by atomic mass is 16.5. The Morgan fingerprint density at radius 1 is 1.88 bits per heavy atom. The number of hydrazine groups is 2. The Hall–Kier alpha value is -1.33. The van der Waals surface area contributed by atoms with Gasteiger partial charge >= 0.3 is 0 Å². The molecular weight excluding hydrogens is 112 g/mol. The van der Waals surface area contributed by atoms with Gasteiger partial charge in [0.2, 0.25) is 0 Å². The van der Waals surface area contributed by atoms with Gasteiger partial charge in [0.15, 0.2) is 6.54 Å². The zero-order chi connectivity index (χ0) is 5.98. The third kappa shape index (κ3) is 0.837. The second-order valence-corrected chi connectivity index (χ2v) is 1.23. The Kier molecular flexibility index (Phi) is 0.991. The van der Waals surface area contributed by atoms with E-state index in [1.165, 1.54) is 0 Å². The second kappa shape index (κ2) is 1.65. The van der Waals surface area contributed by atoms with Crippen LogP contribution in [0.2, 0.25) is 0 Å². The minimum atomic E-state index is -0.308. The van der Waals surface area contributed by atoms with Gasteiger partial charge in [-0.1, -0.05) is 5.53 Å². The van der Waals surface area contributed by atoms with Gasteiger partial charge in [0.25, 0.3) is 5.91 Å². The van der Waals surface area contributed by atoms with E-state index in [0.717, 1.165) is 0 Å². The monoisotopic (exact) mass is 116 g/mol. The van der Waals surface area contributed by atoms with Crippen molar-refractivity contribution < 1.29 is 9.76 Å². The smallest absolute Gasteiger partial charge is 0.270 e. The first-order valence-electron chi connectivity index (χ1n) is 1.98. The van der Waals surface area contributed by atoms with Crippen molar-refractivity contribution in [2.45, 2.75) is 0 Å². The summed E-state index contributed by atoms with van der Waals surface area (Å²) in [5.41, 5.74) is 4.01. The molecule has 1 heterocycles. The van der Waals surface area contributed by atoms with Crippen molar-refractivity contribution in [1.82, 2.24) is 11.0 Å². The molecule has 0 atom stereocenters. The third-order valence-corrected chi connectivity index (χ3v) is 0.634. The van der Waals surface area contributed by atoms with E-state index in [9.17, 15) is 10.0 Å². The summed E-state index contributed by atoms with van der Waals surface area (Å²) in [5, 5.41) is 13.2. The summed E-state index contributed by atoms with van der Waals surface area (Å²) in [6, 6.07) is 0. The summed E-state index contributed by atoms with van der Waals surface area (Å²) in [4.78, 5) is 10.4. The van der Waals surface area contributed by atoms with Gasteiger partial charge in [-0.2, -0.15) is 0 Å². The molecule has 8 heavy (non-hydrogen) atoms. The summed E-state index contributed by atoms with van der Waals surface area (Å²) in [5.74, 6) is -0.308. The lowest BCUT2D eigenvalue weighted by atomic mass is 10.6. The Morgan fingerprint density at radius 3 is 3.00 bits per heavy atom. The van der Waals surface area contributed by atoms with Crippen LogP contribution in [0.1, 0.15) is 0 Å². The molecule has 1 aliphatic rings. The van der Waals surface area contributed by atoms with Gasteiger partial charge in [-0.3, -0.25) is 4.79 Å². The van der Waals surface area contributed by atoms with Crippen molar-refractivity contribution in [1.29, 1.82) is 0 Å². The first-order valence-corrected chi connectivity index (χ1v) is 1.98. The Bertz CT molecular complexity index is 141. The fourth-order valence-corrected chi connectivity index (χ4v) is 0.314. The lowest BCUT2D eigenvalue weighted by molar-refractivity contribution is -0.601. The predicted octanol–water partition coefficient (Wildman–Crippen LogP) is -1.50. The highest BCUT2D eigenvalue weighted by Gasteiger charge is 2.08. The van der Waals surface area contributed by atoms with Crippen LogP contribution in [-0.4, -0.2) is 17.4 Å². The second-order valence-electron chi connectivity index (χ2n) is 1.23. The summed E-state index contributed by atoms with van der Waals surface area (Å²) in [7, 11) is 0. The van der Waals surface area contributed by atoms with Crippen LogP contribution in [0, 0.1) is 5.21 Å². The summed E-state index contributed by atoms with van der Waals surface area (Å²) >= 11 is 0. The van der Waals surface area contributed by atoms with Crippen molar-refractivity contribution >= 4 is 5.91 Å². The molecule has 0 aliphatic carbocycles. The van der Waals surface area contributed by atoms with Crippen LogP contribution in [-0.2, 0) is 4.79 Å². The molecule has 0 radical (unpaired) electrons. The van der Waals surface area contributed by atoms with E-state index in [2.05, 4.69) is 10.5 Å². The van der Waals surface area contributed by atoms with Crippen LogP contribution >= 0.6 is 0 Å². The van der Waals surface area contributed by atoms with Gasteiger partial charge in [0.05, 0.1) is 4.97 Å². The average molecular weight is 116 g/mol. The molecule has 0 bridgehead atoms. The van der Waals surface area contributed by atoms with E-state index < -0.39 is 0 Å². The maximum Gasteiger partial charge on any atom is 0.270 e. The summed E-state index contributed by atoms with van der Waals surface area (Å²) in [6.07, 6.45) is 0. The zero-order valence-electron chi connectivity index (χ0n) is 3.92.